The van der Waals surface area contributed by atoms with Crippen LogP contribution in [-0.2, 0) is 27.2 Å². The second kappa shape index (κ2) is 13.4. The van der Waals surface area contributed by atoms with Gasteiger partial charge >= 0.3 is 0 Å². The number of anilines is 2. The summed E-state index contributed by atoms with van der Waals surface area (Å²) in [4.78, 5) is 34.7. The Labute approximate surface area is 199 Å². The lowest BCUT2D eigenvalue weighted by molar-refractivity contribution is -0.122. The highest BCUT2D eigenvalue weighted by Gasteiger charge is 2.22. The molecule has 0 fully saturated rings. The molecular weight excluding hydrogens is 470 g/mol. The molecule has 1 unspecified atom stereocenters. The molecule has 13 heteroatoms. The predicted molar refractivity (Wildman–Crippen MR) is 129 cm³/mol. The van der Waals surface area contributed by atoms with Crippen molar-refractivity contribution >= 4 is 62.9 Å². The number of hydrogen-bond donors (Lipinski definition) is 3. The Morgan fingerprint density at radius 2 is 1.50 bits per heavy atom. The van der Waals surface area contributed by atoms with Crippen molar-refractivity contribution in [1.82, 2.24) is 25.7 Å². The number of hydrogen-bond acceptors (Lipinski definition) is 10. The number of nitrogens with zero attached hydrogens (tertiary/aromatic N) is 4. The van der Waals surface area contributed by atoms with Gasteiger partial charge in [0.2, 0.25) is 28.5 Å². The largest absolute Gasteiger partial charge is 0.347 e. The molecule has 2 aromatic rings. The maximum absolute atomic E-state index is 12.3. The summed E-state index contributed by atoms with van der Waals surface area (Å²) >= 11 is 4.50. The Kier molecular flexibility index (Phi) is 11.0. The number of nitrogens with one attached hydrogen (secondary N) is 3. The molecule has 32 heavy (non-hydrogen) atoms. The first kappa shape index (κ1) is 26.1. The van der Waals surface area contributed by atoms with Gasteiger partial charge in [-0.25, -0.2) is 0 Å². The molecule has 0 aliphatic heterocycles. The van der Waals surface area contributed by atoms with Crippen molar-refractivity contribution in [3.63, 3.8) is 0 Å². The highest BCUT2D eigenvalue weighted by molar-refractivity contribution is 7.99. The van der Waals surface area contributed by atoms with Crippen LogP contribution in [0.4, 0.5) is 10.3 Å². The summed E-state index contributed by atoms with van der Waals surface area (Å²) < 4.78 is 0. The molecule has 10 nitrogen and oxygen atoms in total. The maximum atomic E-state index is 12.3. The van der Waals surface area contributed by atoms with Gasteiger partial charge in [0.05, 0.1) is 0 Å². The van der Waals surface area contributed by atoms with E-state index in [9.17, 15) is 14.4 Å². The fourth-order valence-electron chi connectivity index (χ4n) is 2.60. The highest BCUT2D eigenvalue weighted by atomic mass is 32.2. The molecule has 2 rings (SSSR count). The lowest BCUT2D eigenvalue weighted by Gasteiger charge is -2.18. The monoisotopic (exact) mass is 499 g/mol. The number of thioether (sulfide) groups is 1. The minimum Gasteiger partial charge on any atom is -0.347 e. The molecule has 0 saturated carbocycles. The van der Waals surface area contributed by atoms with E-state index in [1.54, 1.807) is 11.8 Å². The summed E-state index contributed by atoms with van der Waals surface area (Å²) in [5.41, 5.74) is 0. The van der Waals surface area contributed by atoms with E-state index in [1.807, 2.05) is 27.7 Å². The molecule has 2 heterocycles. The van der Waals surface area contributed by atoms with Crippen LogP contribution in [0.25, 0.3) is 0 Å². The molecule has 3 N–H and O–H groups in total. The zero-order chi connectivity index (χ0) is 23.5. The molecule has 0 radical (unpaired) electrons. The van der Waals surface area contributed by atoms with Crippen molar-refractivity contribution in [2.24, 2.45) is 11.8 Å². The average Bonchev–Trinajstić information content (AvgIpc) is 3.34. The predicted octanol–water partition coefficient (Wildman–Crippen LogP) is 2.60. The van der Waals surface area contributed by atoms with Crippen LogP contribution in [0.3, 0.4) is 0 Å². The molecule has 0 saturated heterocycles. The van der Waals surface area contributed by atoms with Crippen LogP contribution >= 0.6 is 34.4 Å². The van der Waals surface area contributed by atoms with Crippen LogP contribution in [-0.4, -0.2) is 56.2 Å². The van der Waals surface area contributed by atoms with E-state index in [1.165, 1.54) is 22.7 Å². The van der Waals surface area contributed by atoms with E-state index < -0.39 is 6.04 Å². The fraction of sp³-hybridized carbons (Fsp3) is 0.632. The van der Waals surface area contributed by atoms with Crippen LogP contribution in [0.1, 0.15) is 44.1 Å². The number of aryl methyl sites for hydroxylation is 2. The first-order chi connectivity index (χ1) is 15.3. The normalized spacial score (nSPS) is 12.1. The number of carbonyl (C=O) groups is 3. The van der Waals surface area contributed by atoms with Crippen molar-refractivity contribution in [3.8, 4) is 0 Å². The van der Waals surface area contributed by atoms with Gasteiger partial charge in [-0.15, -0.1) is 20.4 Å². The minimum atomic E-state index is -0.611. The Bertz CT molecular complexity index is 885. The molecule has 176 valence electrons. The summed E-state index contributed by atoms with van der Waals surface area (Å²) in [5, 5.41) is 27.0. The van der Waals surface area contributed by atoms with Crippen molar-refractivity contribution in [3.05, 3.63) is 10.0 Å². The molecule has 2 aromatic heterocycles. The minimum absolute atomic E-state index is 0.0376. The zero-order valence-electron chi connectivity index (χ0n) is 18.6. The highest BCUT2D eigenvalue weighted by Crippen LogP contribution is 2.20. The smallest absolute Gasteiger partial charge is 0.249 e. The molecule has 0 aliphatic carbocycles. The van der Waals surface area contributed by atoms with Crippen LogP contribution < -0.4 is 16.0 Å². The van der Waals surface area contributed by atoms with Gasteiger partial charge in [0.25, 0.3) is 0 Å². The van der Waals surface area contributed by atoms with Crippen molar-refractivity contribution < 1.29 is 14.4 Å². The first-order valence-corrected chi connectivity index (χ1v) is 13.1. The fourth-order valence-corrected chi connectivity index (χ4v) is 5.24. The second-order valence-corrected chi connectivity index (χ2v) is 11.1. The van der Waals surface area contributed by atoms with Gasteiger partial charge in [0, 0.05) is 19.3 Å². The van der Waals surface area contributed by atoms with Gasteiger partial charge < -0.3 is 10.6 Å². The van der Waals surface area contributed by atoms with Crippen LogP contribution in [0.2, 0.25) is 0 Å². The van der Waals surface area contributed by atoms with E-state index in [4.69, 9.17) is 0 Å². The molecule has 1 atom stereocenters. The van der Waals surface area contributed by atoms with E-state index in [0.29, 0.717) is 29.0 Å². The molecule has 0 spiro atoms. The third-order valence-corrected chi connectivity index (χ3v) is 6.90. The SMILES string of the molecule is CC(C)CC(=O)Nc1nnc(CCSCCc2nnc(NC(=O)C(NC=O)C(C)C)s2)s1. The van der Waals surface area contributed by atoms with Gasteiger partial charge in [-0.3, -0.25) is 19.7 Å². The quantitative estimate of drug-likeness (QED) is 0.266. The first-order valence-electron chi connectivity index (χ1n) is 10.3. The summed E-state index contributed by atoms with van der Waals surface area (Å²) in [7, 11) is 0. The van der Waals surface area contributed by atoms with Crippen molar-refractivity contribution in [1.29, 1.82) is 0 Å². The van der Waals surface area contributed by atoms with Crippen LogP contribution in [0.5, 0.6) is 0 Å². The summed E-state index contributed by atoms with van der Waals surface area (Å²) in [6.07, 6.45) is 2.51. The lowest BCUT2D eigenvalue weighted by Crippen LogP contribution is -2.43. The number of aromatic nitrogens is 4. The van der Waals surface area contributed by atoms with E-state index in [2.05, 4.69) is 36.3 Å². The maximum Gasteiger partial charge on any atom is 0.249 e. The van der Waals surface area contributed by atoms with Crippen molar-refractivity contribution in [2.75, 3.05) is 22.1 Å². The van der Waals surface area contributed by atoms with Crippen molar-refractivity contribution in [2.45, 2.75) is 53.0 Å². The Hall–Kier alpha value is -2.12. The zero-order valence-corrected chi connectivity index (χ0v) is 21.0. The number of amides is 3. The van der Waals surface area contributed by atoms with Gasteiger partial charge in [-0.2, -0.15) is 11.8 Å². The van der Waals surface area contributed by atoms with Gasteiger partial charge in [0.15, 0.2) is 0 Å². The summed E-state index contributed by atoms with van der Waals surface area (Å²) in [6.45, 7) is 7.71. The van der Waals surface area contributed by atoms with E-state index in [-0.39, 0.29) is 17.7 Å². The average molecular weight is 500 g/mol. The molecule has 0 aliphatic rings. The van der Waals surface area contributed by atoms with E-state index in [0.717, 1.165) is 34.4 Å². The number of carbonyl (C=O) groups excluding carboxylic acids is 3. The van der Waals surface area contributed by atoms with Gasteiger partial charge in [-0.05, 0) is 23.3 Å². The Morgan fingerprint density at radius 3 is 2.00 bits per heavy atom. The lowest BCUT2D eigenvalue weighted by atomic mass is 10.0. The summed E-state index contributed by atoms with van der Waals surface area (Å²) in [6, 6.07) is -0.611. The number of rotatable bonds is 14. The summed E-state index contributed by atoms with van der Waals surface area (Å²) in [5.74, 6) is 1.66. The molecule has 0 bridgehead atoms. The Balaban J connectivity index is 1.68. The topological polar surface area (TPSA) is 139 Å². The van der Waals surface area contributed by atoms with Gasteiger partial charge in [-0.1, -0.05) is 50.4 Å². The second-order valence-electron chi connectivity index (χ2n) is 7.76. The molecular formula is C19H29N7O3S3. The standard InChI is InChI=1S/C19H29N7O3S3/c1-11(2)9-13(28)21-18-25-23-14(31-18)5-7-30-8-6-15-24-26-19(32-15)22-17(29)16(12(3)4)20-10-27/h10-12,16H,5-9H2,1-4H3,(H,20,27)(H,21,25,28)(H,22,26,29). The van der Waals surface area contributed by atoms with Crippen LogP contribution in [0.15, 0.2) is 0 Å². The van der Waals surface area contributed by atoms with Crippen LogP contribution in [0, 0.1) is 11.8 Å². The Morgan fingerprint density at radius 1 is 0.938 bits per heavy atom. The molecule has 3 amide bonds. The van der Waals surface area contributed by atoms with E-state index >= 15 is 0 Å². The molecule has 0 aromatic carbocycles. The van der Waals surface area contributed by atoms with Gasteiger partial charge in [0.1, 0.15) is 16.1 Å². The third kappa shape index (κ3) is 9.17. The third-order valence-electron chi connectivity index (χ3n) is 4.12.